The van der Waals surface area contributed by atoms with Crippen LogP contribution in [-0.4, -0.2) is 37.9 Å². The number of hydrogen-bond donors (Lipinski definition) is 2. The van der Waals surface area contributed by atoms with Gasteiger partial charge in [-0.1, -0.05) is 0 Å². The van der Waals surface area contributed by atoms with Crippen LogP contribution < -0.4 is 0 Å². The first kappa shape index (κ1) is 17.7. The van der Waals surface area contributed by atoms with Gasteiger partial charge in [-0.25, -0.2) is 0 Å². The maximum absolute atomic E-state index is 8.69. The summed E-state index contributed by atoms with van der Waals surface area (Å²) < 4.78 is 66.1. The van der Waals surface area contributed by atoms with Gasteiger partial charge in [-0.15, -0.1) is 0 Å². The molecule has 8 nitrogen and oxygen atoms in total. The zero-order valence-electron chi connectivity index (χ0n) is 4.10. The van der Waals surface area contributed by atoms with E-state index in [2.05, 4.69) is 0 Å². The van der Waals surface area contributed by atoms with Crippen molar-refractivity contribution in [2.75, 3.05) is 0 Å². The molecule has 66 valence electrons. The summed E-state index contributed by atoms with van der Waals surface area (Å²) in [6.45, 7) is 0. The van der Waals surface area contributed by atoms with Crippen LogP contribution in [-0.2, 0) is 48.9 Å². The summed E-state index contributed by atoms with van der Waals surface area (Å²) in [4.78, 5) is 0. The van der Waals surface area contributed by atoms with Gasteiger partial charge in [-0.2, -0.15) is 0 Å². The van der Waals surface area contributed by atoms with Crippen LogP contribution in [0.25, 0.3) is 0 Å². The molecule has 0 heterocycles. The third-order valence-electron chi connectivity index (χ3n) is 0. The average molecular weight is 264 g/mol. The predicted molar refractivity (Wildman–Crippen MR) is 15.7 cm³/mol. The molecule has 2 N–H and O–H groups in total. The summed E-state index contributed by atoms with van der Waals surface area (Å²) in [7, 11) is 0. The molecular formula is H3Mn2NaO8. The van der Waals surface area contributed by atoms with Gasteiger partial charge in [0.15, 0.2) is 0 Å². The van der Waals surface area contributed by atoms with Crippen LogP contribution in [0.4, 0.5) is 0 Å². The summed E-state index contributed by atoms with van der Waals surface area (Å²) in [6.07, 6.45) is 0. The maximum atomic E-state index is 8.69. The first-order valence-corrected chi connectivity index (χ1v) is 5.21. The van der Waals surface area contributed by atoms with E-state index in [9.17, 15) is 0 Å². The Labute approximate surface area is 86.2 Å². The van der Waals surface area contributed by atoms with Crippen molar-refractivity contribution in [2.45, 2.75) is 0 Å². The average Bonchev–Trinajstić information content (AvgIpc) is 1.12. The van der Waals surface area contributed by atoms with E-state index in [0.29, 0.717) is 0 Å². The third-order valence-corrected chi connectivity index (χ3v) is 0. The van der Waals surface area contributed by atoms with Crippen LogP contribution in [0.1, 0.15) is 0 Å². The SMILES string of the molecule is [NaH].[O]=[Mn](=[O])(=[O])[OH].[O]=[Mn](=[O])(=[O])[OH]. The molecule has 0 radical (unpaired) electrons. The minimum absolute atomic E-state index is 0. The Balaban J connectivity index is -0.000000107. The van der Waals surface area contributed by atoms with Gasteiger partial charge in [0.25, 0.3) is 0 Å². The van der Waals surface area contributed by atoms with Crippen LogP contribution in [0.5, 0.6) is 0 Å². The zero-order valence-corrected chi connectivity index (χ0v) is 6.46. The minimum atomic E-state index is -5.38. The van der Waals surface area contributed by atoms with Gasteiger partial charge in [-0.3, -0.25) is 0 Å². The molecule has 11 heteroatoms. The Morgan fingerprint density at radius 3 is 0.636 bits per heavy atom. The molecule has 0 saturated carbocycles. The summed E-state index contributed by atoms with van der Waals surface area (Å²) in [6, 6.07) is 0. The number of hydrogen-bond acceptors (Lipinski definition) is 6. The molecule has 0 amide bonds. The van der Waals surface area contributed by atoms with Crippen LogP contribution in [0.2, 0.25) is 0 Å². The van der Waals surface area contributed by atoms with Crippen LogP contribution in [0.15, 0.2) is 0 Å². The molecule has 11 heavy (non-hydrogen) atoms. The van der Waals surface area contributed by atoms with Crippen molar-refractivity contribution in [1.29, 1.82) is 0 Å². The van der Waals surface area contributed by atoms with Gasteiger partial charge in [0.2, 0.25) is 0 Å². The van der Waals surface area contributed by atoms with Gasteiger partial charge in [0.1, 0.15) is 0 Å². The molecule has 0 bridgehead atoms. The van der Waals surface area contributed by atoms with Gasteiger partial charge >= 0.3 is 86.9 Å². The predicted octanol–water partition coefficient (Wildman–Crippen LogP) is -2.48. The molecule has 0 saturated heterocycles. The van der Waals surface area contributed by atoms with Crippen LogP contribution in [0.3, 0.4) is 0 Å². The Morgan fingerprint density at radius 1 is 0.636 bits per heavy atom. The molecule has 0 fully saturated rings. The van der Waals surface area contributed by atoms with E-state index < -0.39 is 25.9 Å². The van der Waals surface area contributed by atoms with Gasteiger partial charge in [-0.05, 0) is 0 Å². The molecule has 0 spiro atoms. The fourth-order valence-corrected chi connectivity index (χ4v) is 0. The standard InChI is InChI=1S/2Mn.Na.2H2O.6O.H/h;;;2*1H2;;;;;;;/q2*+1;;;;;;;;;;/p-2. The molecular weight excluding hydrogens is 261 g/mol. The van der Waals surface area contributed by atoms with Crippen molar-refractivity contribution >= 4 is 29.6 Å². The molecule has 0 aromatic carbocycles. The van der Waals surface area contributed by atoms with Gasteiger partial charge in [0.05, 0.1) is 0 Å². The molecule has 0 aromatic rings. The van der Waals surface area contributed by atoms with E-state index in [1.54, 1.807) is 0 Å². The van der Waals surface area contributed by atoms with E-state index in [-0.39, 0.29) is 29.6 Å². The van der Waals surface area contributed by atoms with E-state index in [4.69, 9.17) is 31.4 Å². The molecule has 0 aromatic heterocycles. The van der Waals surface area contributed by atoms with Gasteiger partial charge < -0.3 is 0 Å². The first-order valence-electron chi connectivity index (χ1n) is 1.26. The molecule has 0 atom stereocenters. The van der Waals surface area contributed by atoms with Crippen molar-refractivity contribution in [2.24, 2.45) is 0 Å². The second-order valence-corrected chi connectivity index (χ2v) is 3.27. The summed E-state index contributed by atoms with van der Waals surface area (Å²) in [5.41, 5.74) is 0. The second-order valence-electron chi connectivity index (χ2n) is 0.792. The van der Waals surface area contributed by atoms with E-state index in [1.807, 2.05) is 0 Å². The summed E-state index contributed by atoms with van der Waals surface area (Å²) in [5.74, 6) is 0. The fraction of sp³-hybridized carbons (Fsp3) is 0. The van der Waals surface area contributed by atoms with Crippen molar-refractivity contribution in [3.05, 3.63) is 0 Å². The monoisotopic (exact) mass is 264 g/mol. The van der Waals surface area contributed by atoms with Crippen molar-refractivity contribution in [1.82, 2.24) is 0 Å². The Morgan fingerprint density at radius 2 is 0.636 bits per heavy atom. The van der Waals surface area contributed by atoms with E-state index in [0.717, 1.165) is 0 Å². The zero-order chi connectivity index (χ0) is 9.00. The third kappa shape index (κ3) is 1430. The molecule has 0 aliphatic rings. The van der Waals surface area contributed by atoms with Crippen molar-refractivity contribution in [3.8, 4) is 0 Å². The Kier molecular flexibility index (Phi) is 10.2. The van der Waals surface area contributed by atoms with Crippen LogP contribution >= 0.6 is 0 Å². The second kappa shape index (κ2) is 6.29. The Hall–Kier alpha value is 0.759. The summed E-state index contributed by atoms with van der Waals surface area (Å²) >= 11 is -10.8. The molecule has 0 rings (SSSR count). The van der Waals surface area contributed by atoms with E-state index >= 15 is 0 Å². The Bertz CT molecular complexity index is 296. The number of rotatable bonds is 0. The first-order chi connectivity index (χ1) is 4.00. The molecule has 0 aliphatic heterocycles. The molecule has 0 unspecified atom stereocenters. The quantitative estimate of drug-likeness (QED) is 0.457. The van der Waals surface area contributed by atoms with E-state index in [1.165, 1.54) is 0 Å². The van der Waals surface area contributed by atoms with Gasteiger partial charge in [0, 0.05) is 0 Å². The summed E-state index contributed by atoms with van der Waals surface area (Å²) in [5, 5.41) is 0. The molecule has 0 aliphatic carbocycles. The van der Waals surface area contributed by atoms with Crippen molar-refractivity contribution < 1.29 is 57.3 Å². The van der Waals surface area contributed by atoms with Crippen LogP contribution in [0, 0.1) is 0 Å². The fourth-order valence-electron chi connectivity index (χ4n) is 0. The normalized spacial score (nSPS) is 10.4. The van der Waals surface area contributed by atoms with Crippen molar-refractivity contribution in [3.63, 3.8) is 0 Å². The topological polar surface area (TPSA) is 143 Å².